The lowest BCUT2D eigenvalue weighted by atomic mass is 10.2. The van der Waals surface area contributed by atoms with Gasteiger partial charge in [0, 0.05) is 11.6 Å². The van der Waals surface area contributed by atoms with Crippen molar-refractivity contribution in [3.63, 3.8) is 0 Å². The molecule has 1 aromatic carbocycles. The van der Waals surface area contributed by atoms with Gasteiger partial charge in [-0.25, -0.2) is 9.59 Å². The summed E-state index contributed by atoms with van der Waals surface area (Å²) in [6.07, 6.45) is 3.13. The number of benzene rings is 1. The first-order chi connectivity index (χ1) is 10.5. The summed E-state index contributed by atoms with van der Waals surface area (Å²) in [4.78, 5) is 21.3. The Kier molecular flexibility index (Phi) is 11.1. The highest BCUT2D eigenvalue weighted by Crippen LogP contribution is 2.00. The van der Waals surface area contributed by atoms with Gasteiger partial charge in [0.15, 0.2) is 0 Å². The van der Waals surface area contributed by atoms with Gasteiger partial charge in [-0.1, -0.05) is 56.8 Å². The first-order valence-corrected chi connectivity index (χ1v) is 7.17. The van der Waals surface area contributed by atoms with Crippen LogP contribution in [-0.2, 0) is 25.7 Å². The number of carbonyl (C=O) groups excluding carboxylic acids is 2. The standard InChI is InChI=1S/C10H10O2.C8H14O2/c1-2-10(11)12-8-9-6-4-3-5-7-9;1-4-5-6-10-8(9)7(2)3/h2-7H,1,8H2;2,4-6H2,1,3H3. The van der Waals surface area contributed by atoms with Gasteiger partial charge in [0.05, 0.1) is 6.61 Å². The molecule has 0 fully saturated rings. The van der Waals surface area contributed by atoms with Crippen molar-refractivity contribution < 1.29 is 19.1 Å². The van der Waals surface area contributed by atoms with Gasteiger partial charge in [0.2, 0.25) is 0 Å². The van der Waals surface area contributed by atoms with E-state index in [1.54, 1.807) is 6.92 Å². The van der Waals surface area contributed by atoms with Crippen LogP contribution in [0.4, 0.5) is 0 Å². The van der Waals surface area contributed by atoms with E-state index in [0.717, 1.165) is 24.5 Å². The molecule has 0 spiro atoms. The molecule has 0 aromatic heterocycles. The zero-order chi connectivity index (χ0) is 16.8. The Morgan fingerprint density at radius 1 is 1.18 bits per heavy atom. The summed E-state index contributed by atoms with van der Waals surface area (Å²) in [6, 6.07) is 9.51. The molecule has 0 saturated heterocycles. The quantitative estimate of drug-likeness (QED) is 0.436. The van der Waals surface area contributed by atoms with E-state index >= 15 is 0 Å². The zero-order valence-corrected chi connectivity index (χ0v) is 13.3. The van der Waals surface area contributed by atoms with E-state index in [0.29, 0.717) is 18.8 Å². The average Bonchev–Trinajstić information content (AvgIpc) is 2.54. The van der Waals surface area contributed by atoms with Crippen molar-refractivity contribution in [2.75, 3.05) is 6.61 Å². The second-order valence-corrected chi connectivity index (χ2v) is 4.57. The van der Waals surface area contributed by atoms with Gasteiger partial charge in [0.25, 0.3) is 0 Å². The molecule has 0 bridgehead atoms. The van der Waals surface area contributed by atoms with E-state index in [1.807, 2.05) is 30.3 Å². The van der Waals surface area contributed by atoms with E-state index < -0.39 is 0 Å². The summed E-state index contributed by atoms with van der Waals surface area (Å²) < 4.78 is 9.63. The monoisotopic (exact) mass is 304 g/mol. The van der Waals surface area contributed by atoms with E-state index in [4.69, 9.17) is 9.47 Å². The number of ether oxygens (including phenoxy) is 2. The van der Waals surface area contributed by atoms with Crippen molar-refractivity contribution in [3.05, 3.63) is 60.7 Å². The Labute approximate surface area is 132 Å². The van der Waals surface area contributed by atoms with Crippen molar-refractivity contribution in [3.8, 4) is 0 Å². The van der Waals surface area contributed by atoms with Crippen LogP contribution in [0.3, 0.4) is 0 Å². The Hall–Kier alpha value is -2.36. The fraction of sp³-hybridized carbons (Fsp3) is 0.333. The Bertz CT molecular complexity index is 477. The molecule has 0 heterocycles. The molecule has 120 valence electrons. The minimum atomic E-state index is -0.390. The van der Waals surface area contributed by atoms with Gasteiger partial charge in [-0.05, 0) is 18.9 Å². The maximum atomic E-state index is 10.7. The van der Waals surface area contributed by atoms with Crippen molar-refractivity contribution in [2.24, 2.45) is 0 Å². The lowest BCUT2D eigenvalue weighted by Crippen LogP contribution is -2.05. The van der Waals surface area contributed by atoms with Crippen LogP contribution in [-0.4, -0.2) is 18.5 Å². The first kappa shape index (κ1) is 19.6. The summed E-state index contributed by atoms with van der Waals surface area (Å²) in [5, 5.41) is 0. The predicted octanol–water partition coefficient (Wildman–Crippen LogP) is 3.82. The number of hydrogen-bond donors (Lipinski definition) is 0. The van der Waals surface area contributed by atoms with E-state index in [2.05, 4.69) is 20.1 Å². The molecule has 0 amide bonds. The fourth-order valence-corrected chi connectivity index (χ4v) is 1.22. The predicted molar refractivity (Wildman–Crippen MR) is 87.1 cm³/mol. The lowest BCUT2D eigenvalue weighted by Gasteiger charge is -2.01. The summed E-state index contributed by atoms with van der Waals surface area (Å²) in [5.41, 5.74) is 1.45. The van der Waals surface area contributed by atoms with Gasteiger partial charge < -0.3 is 9.47 Å². The van der Waals surface area contributed by atoms with Gasteiger partial charge in [-0.3, -0.25) is 0 Å². The second kappa shape index (κ2) is 12.4. The smallest absolute Gasteiger partial charge is 0.333 e. The molecule has 0 aliphatic rings. The van der Waals surface area contributed by atoms with Crippen LogP contribution in [0, 0.1) is 0 Å². The van der Waals surface area contributed by atoms with Gasteiger partial charge in [0.1, 0.15) is 6.61 Å². The third kappa shape index (κ3) is 10.4. The molecule has 0 radical (unpaired) electrons. The van der Waals surface area contributed by atoms with E-state index in [1.165, 1.54) is 0 Å². The van der Waals surface area contributed by atoms with Crippen LogP contribution >= 0.6 is 0 Å². The highest BCUT2D eigenvalue weighted by Gasteiger charge is 2.00. The minimum Gasteiger partial charge on any atom is -0.462 e. The van der Waals surface area contributed by atoms with Crippen molar-refractivity contribution in [1.29, 1.82) is 0 Å². The molecular formula is C18H24O4. The van der Waals surface area contributed by atoms with Crippen LogP contribution in [0.2, 0.25) is 0 Å². The number of carbonyl (C=O) groups is 2. The molecule has 1 rings (SSSR count). The number of esters is 2. The molecule has 0 atom stereocenters. The number of unbranched alkanes of at least 4 members (excludes halogenated alkanes) is 1. The summed E-state index contributed by atoms with van der Waals surface area (Å²) in [6.45, 7) is 11.3. The summed E-state index contributed by atoms with van der Waals surface area (Å²) in [7, 11) is 0. The maximum absolute atomic E-state index is 10.7. The SMILES string of the molecule is C=C(C)C(=O)OCCCC.C=CC(=O)OCc1ccccc1. The van der Waals surface area contributed by atoms with Crippen molar-refractivity contribution in [2.45, 2.75) is 33.3 Å². The highest BCUT2D eigenvalue weighted by molar-refractivity contribution is 5.86. The zero-order valence-electron chi connectivity index (χ0n) is 13.3. The van der Waals surface area contributed by atoms with Crippen molar-refractivity contribution in [1.82, 2.24) is 0 Å². The van der Waals surface area contributed by atoms with E-state index in [-0.39, 0.29) is 11.9 Å². The van der Waals surface area contributed by atoms with Crippen LogP contribution < -0.4 is 0 Å². The molecule has 22 heavy (non-hydrogen) atoms. The molecule has 0 aliphatic heterocycles. The molecule has 0 aliphatic carbocycles. The molecule has 0 saturated carbocycles. The van der Waals surface area contributed by atoms with E-state index in [9.17, 15) is 9.59 Å². The van der Waals surface area contributed by atoms with Gasteiger partial charge in [-0.2, -0.15) is 0 Å². The molecule has 4 heteroatoms. The largest absolute Gasteiger partial charge is 0.462 e. The molecule has 1 aromatic rings. The second-order valence-electron chi connectivity index (χ2n) is 4.57. The van der Waals surface area contributed by atoms with Crippen LogP contribution in [0.1, 0.15) is 32.3 Å². The van der Waals surface area contributed by atoms with Crippen LogP contribution in [0.15, 0.2) is 55.1 Å². The van der Waals surface area contributed by atoms with Gasteiger partial charge in [-0.15, -0.1) is 0 Å². The Morgan fingerprint density at radius 3 is 2.32 bits per heavy atom. The molecule has 4 nitrogen and oxygen atoms in total. The fourth-order valence-electron chi connectivity index (χ4n) is 1.22. The lowest BCUT2D eigenvalue weighted by molar-refractivity contribution is -0.139. The average molecular weight is 304 g/mol. The molecular weight excluding hydrogens is 280 g/mol. The third-order valence-corrected chi connectivity index (χ3v) is 2.47. The molecule has 0 unspecified atom stereocenters. The van der Waals surface area contributed by atoms with Crippen molar-refractivity contribution >= 4 is 11.9 Å². The number of hydrogen-bond acceptors (Lipinski definition) is 4. The first-order valence-electron chi connectivity index (χ1n) is 7.17. The Morgan fingerprint density at radius 2 is 1.82 bits per heavy atom. The highest BCUT2D eigenvalue weighted by atomic mass is 16.5. The minimum absolute atomic E-state index is 0.284. The molecule has 0 N–H and O–H groups in total. The van der Waals surface area contributed by atoms with Gasteiger partial charge >= 0.3 is 11.9 Å². The Balaban J connectivity index is 0.000000409. The van der Waals surface area contributed by atoms with Crippen LogP contribution in [0.25, 0.3) is 0 Å². The topological polar surface area (TPSA) is 52.6 Å². The summed E-state index contributed by atoms with van der Waals surface area (Å²) in [5.74, 6) is -0.674. The maximum Gasteiger partial charge on any atom is 0.333 e. The third-order valence-electron chi connectivity index (χ3n) is 2.47. The number of rotatable bonds is 7. The normalized spacial score (nSPS) is 9.00. The van der Waals surface area contributed by atoms with Crippen LogP contribution in [0.5, 0.6) is 0 Å². The summed E-state index contributed by atoms with van der Waals surface area (Å²) >= 11 is 0.